The number of hydrogen-bond donors (Lipinski definition) is 0. The molecule has 0 heterocycles. The zero-order valence-electron chi connectivity index (χ0n) is 7.32. The predicted octanol–water partition coefficient (Wildman–Crippen LogP) is 3.71. The molecule has 0 nitrogen and oxygen atoms in total. The lowest BCUT2D eigenvalue weighted by molar-refractivity contribution is 0.617. The molecule has 0 aliphatic carbocycles. The monoisotopic (exact) mass is 230 g/mol. The highest BCUT2D eigenvalue weighted by molar-refractivity contribution is 9.10. The number of benzene rings is 1. The molecule has 2 heteroatoms. The maximum absolute atomic E-state index is 13.0. The van der Waals surface area contributed by atoms with Crippen molar-refractivity contribution in [1.82, 2.24) is 0 Å². The van der Waals surface area contributed by atoms with Crippen LogP contribution in [0.15, 0.2) is 16.6 Å². The van der Waals surface area contributed by atoms with Crippen LogP contribution in [0.3, 0.4) is 0 Å². The summed E-state index contributed by atoms with van der Waals surface area (Å²) in [6, 6.07) is 3.48. The Morgan fingerprint density at radius 3 is 2.17 bits per heavy atom. The predicted molar refractivity (Wildman–Crippen MR) is 52.9 cm³/mol. The van der Waals surface area contributed by atoms with Gasteiger partial charge in [-0.05, 0) is 52.0 Å². The Morgan fingerprint density at radius 1 is 1.17 bits per heavy atom. The first-order valence-corrected chi connectivity index (χ1v) is 4.95. The van der Waals surface area contributed by atoms with Crippen molar-refractivity contribution in [3.8, 4) is 0 Å². The van der Waals surface area contributed by atoms with E-state index >= 15 is 0 Å². The second-order valence-electron chi connectivity index (χ2n) is 2.74. The van der Waals surface area contributed by atoms with Crippen molar-refractivity contribution in [2.75, 3.05) is 0 Å². The van der Waals surface area contributed by atoms with Crippen molar-refractivity contribution >= 4 is 15.9 Å². The summed E-state index contributed by atoms with van der Waals surface area (Å²) in [5, 5.41) is 0. The van der Waals surface area contributed by atoms with Crippen LogP contribution < -0.4 is 0 Å². The SMILES string of the molecule is CCc1cc(F)c(Br)cc1CC. The molecule has 1 aromatic rings. The molecule has 0 atom stereocenters. The fourth-order valence-electron chi connectivity index (χ4n) is 1.29. The third kappa shape index (κ3) is 1.86. The molecule has 66 valence electrons. The van der Waals surface area contributed by atoms with Gasteiger partial charge in [-0.1, -0.05) is 13.8 Å². The lowest BCUT2D eigenvalue weighted by Crippen LogP contribution is -1.93. The number of halogens is 2. The summed E-state index contributed by atoms with van der Waals surface area (Å²) in [5.74, 6) is -0.163. The first-order chi connectivity index (χ1) is 5.69. The van der Waals surface area contributed by atoms with E-state index in [9.17, 15) is 4.39 Å². The molecule has 0 bridgehead atoms. The smallest absolute Gasteiger partial charge is 0.137 e. The molecule has 0 fully saturated rings. The zero-order valence-corrected chi connectivity index (χ0v) is 8.91. The van der Waals surface area contributed by atoms with Gasteiger partial charge in [-0.2, -0.15) is 0 Å². The summed E-state index contributed by atoms with van der Waals surface area (Å²) in [6.45, 7) is 4.13. The average molecular weight is 231 g/mol. The Labute approximate surface area is 80.9 Å². The second kappa shape index (κ2) is 4.04. The maximum atomic E-state index is 13.0. The van der Waals surface area contributed by atoms with Crippen LogP contribution >= 0.6 is 15.9 Å². The van der Waals surface area contributed by atoms with Crippen molar-refractivity contribution in [2.45, 2.75) is 26.7 Å². The highest BCUT2D eigenvalue weighted by Crippen LogP contribution is 2.21. The van der Waals surface area contributed by atoms with E-state index in [-0.39, 0.29) is 5.82 Å². The van der Waals surface area contributed by atoms with Crippen LogP contribution in [-0.4, -0.2) is 0 Å². The second-order valence-corrected chi connectivity index (χ2v) is 3.60. The molecule has 0 N–H and O–H groups in total. The summed E-state index contributed by atoms with van der Waals surface area (Å²) in [6.07, 6.45) is 1.86. The molecule has 0 radical (unpaired) electrons. The molecule has 0 saturated heterocycles. The van der Waals surface area contributed by atoms with Crippen LogP contribution in [0.4, 0.5) is 4.39 Å². The molecular weight excluding hydrogens is 219 g/mol. The maximum Gasteiger partial charge on any atom is 0.137 e. The summed E-state index contributed by atoms with van der Waals surface area (Å²) in [7, 11) is 0. The van der Waals surface area contributed by atoms with Crippen molar-refractivity contribution in [3.05, 3.63) is 33.5 Å². The highest BCUT2D eigenvalue weighted by atomic mass is 79.9. The van der Waals surface area contributed by atoms with E-state index in [0.29, 0.717) is 4.47 Å². The minimum Gasteiger partial charge on any atom is -0.206 e. The Bertz CT molecular complexity index is 252. The van der Waals surface area contributed by atoms with Gasteiger partial charge in [0.25, 0.3) is 0 Å². The van der Waals surface area contributed by atoms with Crippen LogP contribution in [0.5, 0.6) is 0 Å². The van der Waals surface area contributed by atoms with Gasteiger partial charge in [0, 0.05) is 0 Å². The van der Waals surface area contributed by atoms with Gasteiger partial charge in [0.05, 0.1) is 4.47 Å². The van der Waals surface area contributed by atoms with Crippen molar-refractivity contribution < 1.29 is 4.39 Å². The van der Waals surface area contributed by atoms with Gasteiger partial charge < -0.3 is 0 Å². The van der Waals surface area contributed by atoms with E-state index in [4.69, 9.17) is 0 Å². The van der Waals surface area contributed by atoms with Gasteiger partial charge in [0.2, 0.25) is 0 Å². The van der Waals surface area contributed by atoms with Gasteiger partial charge in [-0.15, -0.1) is 0 Å². The third-order valence-corrected chi connectivity index (χ3v) is 2.61. The van der Waals surface area contributed by atoms with Crippen LogP contribution in [0.2, 0.25) is 0 Å². The molecule has 0 aromatic heterocycles. The van der Waals surface area contributed by atoms with Gasteiger partial charge in [0.1, 0.15) is 5.82 Å². The molecule has 1 aromatic carbocycles. The molecule has 0 aliphatic rings. The van der Waals surface area contributed by atoms with Crippen molar-refractivity contribution in [2.24, 2.45) is 0 Å². The number of aryl methyl sites for hydroxylation is 2. The van der Waals surface area contributed by atoms with Gasteiger partial charge in [-0.25, -0.2) is 4.39 Å². The lowest BCUT2D eigenvalue weighted by Gasteiger charge is -2.06. The Morgan fingerprint density at radius 2 is 1.67 bits per heavy atom. The van der Waals surface area contributed by atoms with E-state index in [1.807, 2.05) is 13.0 Å². The van der Waals surface area contributed by atoms with Crippen LogP contribution in [0.25, 0.3) is 0 Å². The molecule has 0 saturated carbocycles. The topological polar surface area (TPSA) is 0 Å². The molecule has 1 rings (SSSR count). The molecular formula is C10H12BrF. The number of hydrogen-bond acceptors (Lipinski definition) is 0. The average Bonchev–Trinajstić information content (AvgIpc) is 2.09. The van der Waals surface area contributed by atoms with Gasteiger partial charge in [0.15, 0.2) is 0 Å². The Kier molecular flexibility index (Phi) is 3.27. The Hall–Kier alpha value is -0.370. The van der Waals surface area contributed by atoms with Gasteiger partial charge >= 0.3 is 0 Å². The standard InChI is InChI=1S/C10H12BrF/c1-3-7-5-9(11)10(12)6-8(7)4-2/h5-6H,3-4H2,1-2H3. The van der Waals surface area contributed by atoms with Crippen LogP contribution in [-0.2, 0) is 12.8 Å². The first-order valence-electron chi connectivity index (χ1n) is 4.15. The Balaban J connectivity index is 3.19. The molecule has 0 spiro atoms. The minimum atomic E-state index is -0.163. The van der Waals surface area contributed by atoms with E-state index in [1.54, 1.807) is 6.07 Å². The molecule has 12 heavy (non-hydrogen) atoms. The van der Waals surface area contributed by atoms with Gasteiger partial charge in [-0.3, -0.25) is 0 Å². The largest absolute Gasteiger partial charge is 0.206 e. The third-order valence-electron chi connectivity index (χ3n) is 2.00. The summed E-state index contributed by atoms with van der Waals surface area (Å²) < 4.78 is 13.6. The lowest BCUT2D eigenvalue weighted by atomic mass is 10.0. The zero-order chi connectivity index (χ0) is 9.14. The van der Waals surface area contributed by atoms with Crippen LogP contribution in [0, 0.1) is 5.82 Å². The highest BCUT2D eigenvalue weighted by Gasteiger charge is 2.04. The van der Waals surface area contributed by atoms with Crippen LogP contribution in [0.1, 0.15) is 25.0 Å². The molecule has 0 amide bonds. The normalized spacial score (nSPS) is 10.3. The molecule has 0 aliphatic heterocycles. The number of rotatable bonds is 2. The van der Waals surface area contributed by atoms with E-state index in [1.165, 1.54) is 5.56 Å². The van der Waals surface area contributed by atoms with Crippen molar-refractivity contribution in [1.29, 1.82) is 0 Å². The van der Waals surface area contributed by atoms with E-state index in [2.05, 4.69) is 22.9 Å². The minimum absolute atomic E-state index is 0.163. The molecule has 0 unspecified atom stereocenters. The van der Waals surface area contributed by atoms with E-state index in [0.717, 1.165) is 18.4 Å². The van der Waals surface area contributed by atoms with Crippen molar-refractivity contribution in [3.63, 3.8) is 0 Å². The first kappa shape index (κ1) is 9.72. The summed E-state index contributed by atoms with van der Waals surface area (Å²) >= 11 is 3.18. The summed E-state index contributed by atoms with van der Waals surface area (Å²) in [4.78, 5) is 0. The summed E-state index contributed by atoms with van der Waals surface area (Å²) in [5.41, 5.74) is 2.34. The fraction of sp³-hybridized carbons (Fsp3) is 0.400. The quantitative estimate of drug-likeness (QED) is 0.727. The van der Waals surface area contributed by atoms with E-state index < -0.39 is 0 Å². The fourth-order valence-corrected chi connectivity index (χ4v) is 1.68.